The van der Waals surface area contributed by atoms with Gasteiger partial charge in [0.25, 0.3) is 0 Å². The van der Waals surface area contributed by atoms with Crippen LogP contribution in [-0.4, -0.2) is 42.1 Å². The number of phenolic OH excluding ortho intramolecular Hbond substituents is 1. The highest BCUT2D eigenvalue weighted by Gasteiger charge is 2.51. The topological polar surface area (TPSA) is 52.6 Å². The fraction of sp³-hybridized carbons (Fsp3) is 0.423. The summed E-state index contributed by atoms with van der Waals surface area (Å²) in [5.74, 6) is 1.13. The first-order chi connectivity index (χ1) is 14.4. The van der Waals surface area contributed by atoms with Crippen LogP contribution >= 0.6 is 0 Å². The second-order valence-corrected chi connectivity index (χ2v) is 9.11. The summed E-state index contributed by atoms with van der Waals surface area (Å²) in [6, 6.07) is 17.9. The molecule has 1 saturated carbocycles. The van der Waals surface area contributed by atoms with Crippen molar-refractivity contribution in [3.63, 3.8) is 0 Å². The minimum Gasteiger partial charge on any atom is -0.508 e. The zero-order chi connectivity index (χ0) is 21.3. The second-order valence-electron chi connectivity index (χ2n) is 9.11. The van der Waals surface area contributed by atoms with E-state index in [2.05, 4.69) is 43.2 Å². The van der Waals surface area contributed by atoms with Crippen LogP contribution in [0, 0.1) is 5.92 Å². The van der Waals surface area contributed by atoms with Gasteiger partial charge in [-0.3, -0.25) is 4.79 Å². The zero-order valence-electron chi connectivity index (χ0n) is 18.2. The lowest BCUT2D eigenvalue weighted by molar-refractivity contribution is -0.117. The van der Waals surface area contributed by atoms with Gasteiger partial charge in [-0.25, -0.2) is 0 Å². The molecule has 0 heterocycles. The summed E-state index contributed by atoms with van der Waals surface area (Å²) in [4.78, 5) is 15.4. The number of allylic oxidation sites excluding steroid dienone is 1. The molecule has 0 aromatic heterocycles. The van der Waals surface area contributed by atoms with Crippen LogP contribution in [-0.2, 0) is 16.6 Å². The van der Waals surface area contributed by atoms with Gasteiger partial charge in [0.15, 0.2) is 0 Å². The number of likely N-dealkylation sites (N-methyl/N-ethyl adjacent to an activating group) is 1. The third-order valence-corrected chi connectivity index (χ3v) is 6.91. The summed E-state index contributed by atoms with van der Waals surface area (Å²) in [6.07, 6.45) is 3.46. The number of amides is 1. The third kappa shape index (κ3) is 4.29. The number of carbonyl (C=O) groups is 1. The molecule has 4 nitrogen and oxygen atoms in total. The van der Waals surface area contributed by atoms with E-state index < -0.39 is 0 Å². The highest BCUT2D eigenvalue weighted by Crippen LogP contribution is 2.53. The SMILES string of the molecule is CC1=C(C(=O)NC[C@H](Cc2ccc(O)cc2)N(C)CC2CC2)[C@]1(C)c1ccccc1. The Labute approximate surface area is 179 Å². The van der Waals surface area contributed by atoms with E-state index in [9.17, 15) is 9.90 Å². The van der Waals surface area contributed by atoms with E-state index >= 15 is 0 Å². The van der Waals surface area contributed by atoms with Crippen LogP contribution in [0.1, 0.15) is 37.8 Å². The van der Waals surface area contributed by atoms with Gasteiger partial charge in [0.1, 0.15) is 5.75 Å². The van der Waals surface area contributed by atoms with Gasteiger partial charge in [-0.15, -0.1) is 0 Å². The van der Waals surface area contributed by atoms with Gasteiger partial charge in [0.05, 0.1) is 0 Å². The molecule has 0 aliphatic heterocycles. The van der Waals surface area contributed by atoms with Crippen molar-refractivity contribution in [1.29, 1.82) is 0 Å². The van der Waals surface area contributed by atoms with E-state index in [1.54, 1.807) is 12.1 Å². The van der Waals surface area contributed by atoms with Crippen LogP contribution in [0.2, 0.25) is 0 Å². The van der Waals surface area contributed by atoms with Gasteiger partial charge in [-0.2, -0.15) is 0 Å². The molecule has 0 radical (unpaired) electrons. The quantitative estimate of drug-likeness (QED) is 0.663. The Bertz CT molecular complexity index is 931. The van der Waals surface area contributed by atoms with Crippen molar-refractivity contribution in [2.75, 3.05) is 20.1 Å². The highest BCUT2D eigenvalue weighted by atomic mass is 16.3. The Balaban J connectivity index is 1.41. The van der Waals surface area contributed by atoms with Gasteiger partial charge in [0, 0.05) is 30.1 Å². The maximum atomic E-state index is 13.0. The average Bonchev–Trinajstić information content (AvgIpc) is 3.65. The molecule has 158 valence electrons. The van der Waals surface area contributed by atoms with E-state index in [4.69, 9.17) is 0 Å². The van der Waals surface area contributed by atoms with Crippen molar-refractivity contribution in [1.82, 2.24) is 10.2 Å². The summed E-state index contributed by atoms with van der Waals surface area (Å²) >= 11 is 0. The summed E-state index contributed by atoms with van der Waals surface area (Å²) in [5, 5.41) is 12.8. The lowest BCUT2D eigenvalue weighted by Gasteiger charge is -2.28. The first kappa shape index (κ1) is 20.7. The molecule has 2 aromatic carbocycles. The van der Waals surface area contributed by atoms with Gasteiger partial charge >= 0.3 is 0 Å². The summed E-state index contributed by atoms with van der Waals surface area (Å²) < 4.78 is 0. The molecular formula is C26H32N2O2. The van der Waals surface area contributed by atoms with Gasteiger partial charge < -0.3 is 15.3 Å². The minimum atomic E-state index is -0.238. The molecule has 4 heteroatoms. The van der Waals surface area contributed by atoms with Crippen LogP contribution in [0.3, 0.4) is 0 Å². The Kier molecular flexibility index (Phi) is 5.70. The Morgan fingerprint density at radius 3 is 2.47 bits per heavy atom. The van der Waals surface area contributed by atoms with Crippen LogP contribution in [0.4, 0.5) is 0 Å². The van der Waals surface area contributed by atoms with Gasteiger partial charge in [-0.05, 0) is 74.9 Å². The van der Waals surface area contributed by atoms with Crippen LogP contribution in [0.15, 0.2) is 65.7 Å². The summed E-state index contributed by atoms with van der Waals surface area (Å²) in [5.41, 5.74) is 4.18. The largest absolute Gasteiger partial charge is 0.508 e. The number of carbonyl (C=O) groups excluding carboxylic acids is 1. The van der Waals surface area contributed by atoms with E-state index in [1.807, 2.05) is 30.3 Å². The number of nitrogens with one attached hydrogen (secondary N) is 1. The summed E-state index contributed by atoms with van der Waals surface area (Å²) in [7, 11) is 2.16. The number of hydrogen-bond acceptors (Lipinski definition) is 3. The first-order valence-corrected chi connectivity index (χ1v) is 10.9. The van der Waals surface area contributed by atoms with Crippen molar-refractivity contribution in [2.24, 2.45) is 5.92 Å². The standard InChI is InChI=1S/C26H32N2O2/c1-18-24(26(18,2)21-7-5-4-6-8-21)25(30)27-16-22(28(3)17-20-9-10-20)15-19-11-13-23(29)14-12-19/h4-8,11-14,20,22,29H,9-10,15-17H2,1-3H3,(H,27,30)/t22-,26-/m0/s1. The van der Waals surface area contributed by atoms with Crippen molar-refractivity contribution < 1.29 is 9.90 Å². The first-order valence-electron chi connectivity index (χ1n) is 10.9. The number of hydrogen-bond donors (Lipinski definition) is 2. The molecule has 2 atom stereocenters. The number of rotatable bonds is 9. The predicted octanol–water partition coefficient (Wildman–Crippen LogP) is 4.05. The van der Waals surface area contributed by atoms with Gasteiger partial charge in [-0.1, -0.05) is 42.5 Å². The van der Waals surface area contributed by atoms with Crippen molar-refractivity contribution >= 4 is 5.91 Å². The number of benzene rings is 2. The third-order valence-electron chi connectivity index (χ3n) is 6.91. The molecule has 2 aromatic rings. The molecule has 0 unspecified atom stereocenters. The zero-order valence-corrected chi connectivity index (χ0v) is 18.2. The number of phenols is 1. The lowest BCUT2D eigenvalue weighted by atomic mass is 9.90. The molecule has 2 aliphatic rings. The Morgan fingerprint density at radius 2 is 1.83 bits per heavy atom. The molecule has 1 amide bonds. The number of nitrogens with zero attached hydrogens (tertiary/aromatic N) is 1. The average molecular weight is 405 g/mol. The lowest BCUT2D eigenvalue weighted by Crippen LogP contribution is -2.44. The minimum absolute atomic E-state index is 0.0504. The molecule has 2 aliphatic carbocycles. The second kappa shape index (κ2) is 8.27. The van der Waals surface area contributed by atoms with Crippen molar-refractivity contribution in [3.8, 4) is 5.75 Å². The number of aromatic hydroxyl groups is 1. The Hall–Kier alpha value is -2.59. The molecule has 0 saturated heterocycles. The van der Waals surface area contributed by atoms with E-state index in [-0.39, 0.29) is 23.1 Å². The van der Waals surface area contributed by atoms with Crippen LogP contribution < -0.4 is 5.32 Å². The molecule has 1 fully saturated rings. The molecular weight excluding hydrogens is 372 g/mol. The molecule has 30 heavy (non-hydrogen) atoms. The van der Waals surface area contributed by atoms with E-state index in [0.717, 1.165) is 30.0 Å². The smallest absolute Gasteiger partial charge is 0.248 e. The van der Waals surface area contributed by atoms with Crippen molar-refractivity contribution in [3.05, 3.63) is 76.9 Å². The van der Waals surface area contributed by atoms with E-state index in [0.29, 0.717) is 6.54 Å². The molecule has 2 N–H and O–H groups in total. The fourth-order valence-electron chi connectivity index (χ4n) is 4.50. The molecule has 4 rings (SSSR count). The molecule has 0 spiro atoms. The highest BCUT2D eigenvalue weighted by molar-refractivity contribution is 6.04. The fourth-order valence-corrected chi connectivity index (χ4v) is 4.50. The van der Waals surface area contributed by atoms with Crippen LogP contribution in [0.25, 0.3) is 0 Å². The predicted molar refractivity (Wildman–Crippen MR) is 120 cm³/mol. The maximum Gasteiger partial charge on any atom is 0.248 e. The summed E-state index contributed by atoms with van der Waals surface area (Å²) in [6.45, 7) is 5.89. The maximum absolute atomic E-state index is 13.0. The van der Waals surface area contributed by atoms with Crippen LogP contribution in [0.5, 0.6) is 5.75 Å². The normalized spacial score (nSPS) is 21.6. The Morgan fingerprint density at radius 1 is 1.17 bits per heavy atom. The monoisotopic (exact) mass is 404 g/mol. The van der Waals surface area contributed by atoms with Gasteiger partial charge in [0.2, 0.25) is 5.91 Å². The van der Waals surface area contributed by atoms with E-state index in [1.165, 1.54) is 24.0 Å². The molecule has 0 bridgehead atoms. The van der Waals surface area contributed by atoms with Crippen molar-refractivity contribution in [2.45, 2.75) is 44.6 Å².